The van der Waals surface area contributed by atoms with Crippen molar-refractivity contribution in [1.29, 1.82) is 0 Å². The number of sulfonamides is 1. The molecule has 0 N–H and O–H groups in total. The highest BCUT2D eigenvalue weighted by atomic mass is 32.2. The Morgan fingerprint density at radius 2 is 2.00 bits per heavy atom. The van der Waals surface area contributed by atoms with Gasteiger partial charge in [0.2, 0.25) is 15.9 Å². The molecule has 0 saturated carbocycles. The van der Waals surface area contributed by atoms with Crippen LogP contribution in [-0.2, 0) is 26.0 Å². The van der Waals surface area contributed by atoms with Gasteiger partial charge in [0.15, 0.2) is 5.76 Å². The van der Waals surface area contributed by atoms with E-state index in [1.54, 1.807) is 36.9 Å². The fraction of sp³-hybridized carbons (Fsp3) is 0.476. The number of aryl methyl sites for hydroxylation is 2. The Labute approximate surface area is 181 Å². The summed E-state index contributed by atoms with van der Waals surface area (Å²) in [5.74, 6) is -0.695. The van der Waals surface area contributed by atoms with E-state index in [0.29, 0.717) is 43.6 Å². The minimum atomic E-state index is -3.79. The second-order valence-corrected chi connectivity index (χ2v) is 9.81. The Hall–Kier alpha value is -2.72. The van der Waals surface area contributed by atoms with E-state index in [4.69, 9.17) is 9.26 Å². The van der Waals surface area contributed by atoms with Crippen molar-refractivity contribution >= 4 is 27.6 Å². The van der Waals surface area contributed by atoms with E-state index in [1.807, 2.05) is 0 Å². The maximum atomic E-state index is 13.3. The Morgan fingerprint density at radius 3 is 2.68 bits per heavy atom. The van der Waals surface area contributed by atoms with Gasteiger partial charge in [-0.15, -0.1) is 0 Å². The molecule has 0 spiro atoms. The Bertz CT molecular complexity index is 1120. The maximum absolute atomic E-state index is 13.3. The van der Waals surface area contributed by atoms with Crippen LogP contribution in [0.5, 0.6) is 0 Å². The van der Waals surface area contributed by atoms with Gasteiger partial charge < -0.3 is 14.2 Å². The standard InChI is InChI=1S/C21H25N3O6S/c1-13-19(14(2)30-22-13)31(27,28)23-9-4-5-17(12-23)20(25)24-10-8-15-11-16(21(26)29-3)6-7-18(15)24/h6-7,11,17H,4-5,8-10,12H2,1-3H3. The van der Waals surface area contributed by atoms with E-state index in [2.05, 4.69) is 5.16 Å². The fourth-order valence-corrected chi connectivity index (χ4v) is 6.25. The lowest BCUT2D eigenvalue weighted by Gasteiger charge is -2.33. The summed E-state index contributed by atoms with van der Waals surface area (Å²) in [4.78, 5) is 26.9. The quantitative estimate of drug-likeness (QED) is 0.660. The molecule has 0 radical (unpaired) electrons. The number of benzene rings is 1. The van der Waals surface area contributed by atoms with Gasteiger partial charge in [-0.05, 0) is 56.9 Å². The molecule has 9 nitrogen and oxygen atoms in total. The first-order valence-electron chi connectivity index (χ1n) is 10.2. The second-order valence-electron chi connectivity index (χ2n) is 7.93. The van der Waals surface area contributed by atoms with E-state index in [1.165, 1.54) is 11.4 Å². The third kappa shape index (κ3) is 3.74. The van der Waals surface area contributed by atoms with Gasteiger partial charge in [0, 0.05) is 25.3 Å². The van der Waals surface area contributed by atoms with Crippen LogP contribution in [0.15, 0.2) is 27.6 Å². The summed E-state index contributed by atoms with van der Waals surface area (Å²) >= 11 is 0. The number of nitrogens with zero attached hydrogens (tertiary/aromatic N) is 3. The summed E-state index contributed by atoms with van der Waals surface area (Å²) in [5, 5.41) is 3.76. The SMILES string of the molecule is COC(=O)c1ccc2c(c1)CCN2C(=O)C1CCCN(S(=O)(=O)c2c(C)noc2C)C1. The molecule has 2 aliphatic heterocycles. The van der Waals surface area contributed by atoms with Gasteiger partial charge in [-0.1, -0.05) is 5.16 Å². The van der Waals surface area contributed by atoms with Crippen molar-refractivity contribution in [3.63, 3.8) is 0 Å². The monoisotopic (exact) mass is 447 g/mol. The Kier molecular flexibility index (Phi) is 5.61. The minimum absolute atomic E-state index is 0.0856. The lowest BCUT2D eigenvalue weighted by Crippen LogP contribution is -2.46. The van der Waals surface area contributed by atoms with Gasteiger partial charge in [0.25, 0.3) is 0 Å². The molecule has 4 rings (SSSR count). The number of methoxy groups -OCH3 is 1. The first-order valence-corrected chi connectivity index (χ1v) is 11.6. The lowest BCUT2D eigenvalue weighted by molar-refractivity contribution is -0.123. The molecule has 31 heavy (non-hydrogen) atoms. The normalized spacial score (nSPS) is 19.3. The number of hydrogen-bond acceptors (Lipinski definition) is 7. The topological polar surface area (TPSA) is 110 Å². The number of ether oxygens (including phenoxy) is 1. The summed E-state index contributed by atoms with van der Waals surface area (Å²) in [6.45, 7) is 4.15. The molecule has 1 amide bonds. The van der Waals surface area contributed by atoms with Crippen LogP contribution in [0, 0.1) is 19.8 Å². The number of rotatable bonds is 4. The van der Waals surface area contributed by atoms with Gasteiger partial charge in [-0.25, -0.2) is 13.2 Å². The number of hydrogen-bond donors (Lipinski definition) is 0. The van der Waals surface area contributed by atoms with Crippen LogP contribution in [0.25, 0.3) is 0 Å². The molecule has 2 aliphatic rings. The van der Waals surface area contributed by atoms with Crippen LogP contribution in [0.2, 0.25) is 0 Å². The molecule has 1 saturated heterocycles. The summed E-state index contributed by atoms with van der Waals surface area (Å²) in [7, 11) is -2.46. The van der Waals surface area contributed by atoms with E-state index in [-0.39, 0.29) is 23.1 Å². The largest absolute Gasteiger partial charge is 0.465 e. The average Bonchev–Trinajstić information content (AvgIpc) is 3.35. The van der Waals surface area contributed by atoms with Gasteiger partial charge in [-0.3, -0.25) is 4.79 Å². The highest BCUT2D eigenvalue weighted by molar-refractivity contribution is 7.89. The smallest absolute Gasteiger partial charge is 0.337 e. The summed E-state index contributed by atoms with van der Waals surface area (Å²) in [6, 6.07) is 5.16. The highest BCUT2D eigenvalue weighted by Gasteiger charge is 2.39. The van der Waals surface area contributed by atoms with Crippen molar-refractivity contribution in [1.82, 2.24) is 9.46 Å². The number of amides is 1. The molecule has 166 valence electrons. The summed E-state index contributed by atoms with van der Waals surface area (Å²) in [6.07, 6.45) is 1.86. The Morgan fingerprint density at radius 1 is 1.23 bits per heavy atom. The molecular formula is C21H25N3O6S. The van der Waals surface area contributed by atoms with E-state index >= 15 is 0 Å². The van der Waals surface area contributed by atoms with Gasteiger partial charge >= 0.3 is 5.97 Å². The third-order valence-electron chi connectivity index (χ3n) is 5.96. The zero-order chi connectivity index (χ0) is 22.3. The molecule has 0 aliphatic carbocycles. The summed E-state index contributed by atoms with van der Waals surface area (Å²) < 4.78 is 37.5. The molecular weight excluding hydrogens is 422 g/mol. The maximum Gasteiger partial charge on any atom is 0.337 e. The molecule has 1 aromatic carbocycles. The van der Waals surface area contributed by atoms with Crippen molar-refractivity contribution in [2.45, 2.75) is 38.0 Å². The number of esters is 1. The number of fused-ring (bicyclic) bond motifs is 1. The van der Waals surface area contributed by atoms with Crippen molar-refractivity contribution in [2.75, 3.05) is 31.6 Å². The molecule has 2 aromatic rings. The number of carbonyl (C=O) groups is 2. The van der Waals surface area contributed by atoms with Crippen molar-refractivity contribution < 1.29 is 27.3 Å². The van der Waals surface area contributed by atoms with Crippen LogP contribution >= 0.6 is 0 Å². The van der Waals surface area contributed by atoms with Crippen LogP contribution in [-0.4, -0.2) is 56.5 Å². The van der Waals surface area contributed by atoms with Crippen molar-refractivity contribution in [3.8, 4) is 0 Å². The van der Waals surface area contributed by atoms with E-state index in [0.717, 1.165) is 11.3 Å². The zero-order valence-corrected chi connectivity index (χ0v) is 18.6. The lowest BCUT2D eigenvalue weighted by atomic mass is 9.98. The van der Waals surface area contributed by atoms with Gasteiger partial charge in [0.1, 0.15) is 10.6 Å². The fourth-order valence-electron chi connectivity index (χ4n) is 4.43. The summed E-state index contributed by atoms with van der Waals surface area (Å²) in [5.41, 5.74) is 2.45. The predicted octanol–water partition coefficient (Wildman–Crippen LogP) is 2.07. The molecule has 1 aromatic heterocycles. The number of carbonyl (C=O) groups excluding carboxylic acids is 2. The minimum Gasteiger partial charge on any atom is -0.465 e. The molecule has 1 unspecified atom stereocenters. The molecule has 0 bridgehead atoms. The average molecular weight is 448 g/mol. The van der Waals surface area contributed by atoms with Crippen molar-refractivity contribution in [2.24, 2.45) is 5.92 Å². The van der Waals surface area contributed by atoms with Crippen LogP contribution in [0.3, 0.4) is 0 Å². The molecule has 1 atom stereocenters. The predicted molar refractivity (Wildman–Crippen MR) is 111 cm³/mol. The third-order valence-corrected chi connectivity index (χ3v) is 8.07. The Balaban J connectivity index is 1.54. The first-order chi connectivity index (χ1) is 14.7. The molecule has 10 heteroatoms. The number of piperidine rings is 1. The van der Waals surface area contributed by atoms with Gasteiger partial charge in [-0.2, -0.15) is 4.31 Å². The second kappa shape index (κ2) is 8.08. The first kappa shape index (κ1) is 21.5. The van der Waals surface area contributed by atoms with Crippen LogP contribution in [0.4, 0.5) is 5.69 Å². The van der Waals surface area contributed by atoms with Crippen LogP contribution in [0.1, 0.15) is 40.2 Å². The number of aromatic nitrogens is 1. The van der Waals surface area contributed by atoms with E-state index < -0.39 is 21.9 Å². The van der Waals surface area contributed by atoms with Gasteiger partial charge in [0.05, 0.1) is 18.6 Å². The van der Waals surface area contributed by atoms with Crippen LogP contribution < -0.4 is 4.90 Å². The van der Waals surface area contributed by atoms with Crippen molar-refractivity contribution in [3.05, 3.63) is 40.8 Å². The molecule has 3 heterocycles. The molecule has 1 fully saturated rings. The highest BCUT2D eigenvalue weighted by Crippen LogP contribution is 2.33. The zero-order valence-electron chi connectivity index (χ0n) is 17.8. The number of anilines is 1. The van der Waals surface area contributed by atoms with E-state index in [9.17, 15) is 18.0 Å².